The van der Waals surface area contributed by atoms with Crippen molar-refractivity contribution in [2.45, 2.75) is 32.1 Å². The molecule has 0 saturated carbocycles. The van der Waals surface area contributed by atoms with E-state index in [1.54, 1.807) is 12.7 Å². The molecule has 1 aliphatic heterocycles. The van der Waals surface area contributed by atoms with Gasteiger partial charge in [0, 0.05) is 19.6 Å². The Labute approximate surface area is 143 Å². The summed E-state index contributed by atoms with van der Waals surface area (Å²) >= 11 is 0. The number of aliphatic hydroxyl groups excluding tert-OH is 1. The summed E-state index contributed by atoms with van der Waals surface area (Å²) in [5.41, 5.74) is 1.13. The Hall–Kier alpha value is -1.76. The van der Waals surface area contributed by atoms with E-state index >= 15 is 0 Å². The Morgan fingerprint density at radius 1 is 1.29 bits per heavy atom. The number of nitrogens with zero attached hydrogens (tertiary/aromatic N) is 4. The molecule has 0 unspecified atom stereocenters. The SMILES string of the molecule is O[C@H](COCc1ccccc1)CN1CCC[C@@H](Cn2cncn2)C1. The number of likely N-dealkylation sites (tertiary alicyclic amines) is 1. The highest BCUT2D eigenvalue weighted by Gasteiger charge is 2.22. The summed E-state index contributed by atoms with van der Waals surface area (Å²) in [5.74, 6) is 0.567. The molecule has 2 atom stereocenters. The molecule has 0 aliphatic carbocycles. The lowest BCUT2D eigenvalue weighted by molar-refractivity contribution is 0.00214. The molecule has 3 rings (SSSR count). The molecule has 1 aromatic heterocycles. The molecule has 1 N–H and O–H groups in total. The van der Waals surface area contributed by atoms with Gasteiger partial charge in [-0.25, -0.2) is 4.98 Å². The van der Waals surface area contributed by atoms with Gasteiger partial charge in [0.25, 0.3) is 0 Å². The second-order valence-electron chi connectivity index (χ2n) is 6.54. The quantitative estimate of drug-likeness (QED) is 0.796. The maximum Gasteiger partial charge on any atom is 0.137 e. The van der Waals surface area contributed by atoms with E-state index in [0.717, 1.165) is 31.6 Å². The molecule has 1 fully saturated rings. The fraction of sp³-hybridized carbons (Fsp3) is 0.556. The van der Waals surface area contributed by atoms with Crippen molar-refractivity contribution in [2.75, 3.05) is 26.2 Å². The van der Waals surface area contributed by atoms with Gasteiger partial charge in [-0.2, -0.15) is 5.10 Å². The van der Waals surface area contributed by atoms with Crippen LogP contribution in [-0.2, 0) is 17.9 Å². The first-order valence-electron chi connectivity index (χ1n) is 8.64. The first kappa shape index (κ1) is 17.1. The number of aromatic nitrogens is 3. The van der Waals surface area contributed by atoms with Crippen LogP contribution in [0.5, 0.6) is 0 Å². The minimum Gasteiger partial charge on any atom is -0.389 e. The second-order valence-corrected chi connectivity index (χ2v) is 6.54. The summed E-state index contributed by atoms with van der Waals surface area (Å²) in [6.45, 7) is 4.53. The van der Waals surface area contributed by atoms with Crippen molar-refractivity contribution >= 4 is 0 Å². The van der Waals surface area contributed by atoms with E-state index in [4.69, 9.17) is 4.74 Å². The van der Waals surface area contributed by atoms with E-state index in [1.165, 1.54) is 6.42 Å². The summed E-state index contributed by atoms with van der Waals surface area (Å²) in [5, 5.41) is 14.4. The van der Waals surface area contributed by atoms with Gasteiger partial charge < -0.3 is 14.7 Å². The predicted molar refractivity (Wildman–Crippen MR) is 91.3 cm³/mol. The molecular formula is C18H26N4O2. The van der Waals surface area contributed by atoms with E-state index in [-0.39, 0.29) is 0 Å². The van der Waals surface area contributed by atoms with Crippen LogP contribution in [0.2, 0.25) is 0 Å². The fourth-order valence-corrected chi connectivity index (χ4v) is 3.30. The monoisotopic (exact) mass is 330 g/mol. The van der Waals surface area contributed by atoms with E-state index in [1.807, 2.05) is 35.0 Å². The normalized spacial score (nSPS) is 20.1. The topological polar surface area (TPSA) is 63.4 Å². The molecular weight excluding hydrogens is 304 g/mol. The van der Waals surface area contributed by atoms with Gasteiger partial charge in [0.2, 0.25) is 0 Å². The van der Waals surface area contributed by atoms with Gasteiger partial charge in [-0.05, 0) is 30.9 Å². The predicted octanol–water partition coefficient (Wildman–Crippen LogP) is 1.57. The molecule has 0 amide bonds. The number of aliphatic hydroxyl groups is 1. The standard InChI is InChI=1S/C18H26N4O2/c23-18(13-24-12-16-5-2-1-3-6-16)11-21-8-4-7-17(9-21)10-22-15-19-14-20-22/h1-3,5-6,14-15,17-18,23H,4,7-13H2/t17-,18+/m1/s1. The number of β-amino-alcohol motifs (C(OH)–C–C–N with tert-alkyl or cyclic N) is 1. The van der Waals surface area contributed by atoms with Crippen molar-refractivity contribution in [1.82, 2.24) is 19.7 Å². The Bertz CT molecular complexity index is 576. The number of piperidine rings is 1. The number of benzene rings is 1. The van der Waals surface area contributed by atoms with Crippen LogP contribution in [0.15, 0.2) is 43.0 Å². The van der Waals surface area contributed by atoms with Gasteiger partial charge in [-0.15, -0.1) is 0 Å². The van der Waals surface area contributed by atoms with Crippen molar-refractivity contribution in [1.29, 1.82) is 0 Å². The zero-order valence-corrected chi connectivity index (χ0v) is 14.0. The lowest BCUT2D eigenvalue weighted by Crippen LogP contribution is -2.42. The highest BCUT2D eigenvalue weighted by Crippen LogP contribution is 2.18. The van der Waals surface area contributed by atoms with Gasteiger partial charge in [-0.1, -0.05) is 30.3 Å². The Balaban J connectivity index is 1.36. The number of hydrogen-bond donors (Lipinski definition) is 1. The van der Waals surface area contributed by atoms with Gasteiger partial charge in [0.1, 0.15) is 12.7 Å². The van der Waals surface area contributed by atoms with E-state index in [0.29, 0.717) is 25.7 Å². The average Bonchev–Trinajstić information content (AvgIpc) is 3.09. The van der Waals surface area contributed by atoms with Crippen LogP contribution < -0.4 is 0 Å². The first-order chi connectivity index (χ1) is 11.8. The molecule has 0 radical (unpaired) electrons. The van der Waals surface area contributed by atoms with Crippen LogP contribution in [-0.4, -0.2) is 57.1 Å². The van der Waals surface area contributed by atoms with Gasteiger partial charge in [-0.3, -0.25) is 4.68 Å². The molecule has 2 heterocycles. The average molecular weight is 330 g/mol. The minimum absolute atomic E-state index is 0.374. The molecule has 1 aliphatic rings. The maximum atomic E-state index is 10.2. The van der Waals surface area contributed by atoms with Gasteiger partial charge in [0.15, 0.2) is 0 Å². The zero-order valence-electron chi connectivity index (χ0n) is 14.0. The third-order valence-corrected chi connectivity index (χ3v) is 4.41. The summed E-state index contributed by atoms with van der Waals surface area (Å²) < 4.78 is 7.53. The highest BCUT2D eigenvalue weighted by molar-refractivity contribution is 5.13. The summed E-state index contributed by atoms with van der Waals surface area (Å²) in [4.78, 5) is 6.33. The van der Waals surface area contributed by atoms with Crippen LogP contribution in [0.1, 0.15) is 18.4 Å². The van der Waals surface area contributed by atoms with Crippen molar-refractivity contribution < 1.29 is 9.84 Å². The van der Waals surface area contributed by atoms with E-state index < -0.39 is 6.10 Å². The van der Waals surface area contributed by atoms with Crippen LogP contribution in [0.3, 0.4) is 0 Å². The van der Waals surface area contributed by atoms with E-state index in [9.17, 15) is 5.11 Å². The van der Waals surface area contributed by atoms with Gasteiger partial charge in [0.05, 0.1) is 19.3 Å². The smallest absolute Gasteiger partial charge is 0.137 e. The lowest BCUT2D eigenvalue weighted by Gasteiger charge is -2.33. The van der Waals surface area contributed by atoms with E-state index in [2.05, 4.69) is 15.0 Å². The molecule has 0 bridgehead atoms. The Morgan fingerprint density at radius 2 is 2.17 bits per heavy atom. The summed E-state index contributed by atoms with van der Waals surface area (Å²) in [6, 6.07) is 10.1. The number of ether oxygens (including phenoxy) is 1. The highest BCUT2D eigenvalue weighted by atomic mass is 16.5. The molecule has 2 aromatic rings. The Kier molecular flexibility index (Phi) is 6.34. The maximum absolute atomic E-state index is 10.2. The summed E-state index contributed by atoms with van der Waals surface area (Å²) in [6.07, 6.45) is 5.27. The molecule has 1 aromatic carbocycles. The first-order valence-corrected chi connectivity index (χ1v) is 8.64. The van der Waals surface area contributed by atoms with Crippen molar-refractivity contribution in [2.24, 2.45) is 5.92 Å². The van der Waals surface area contributed by atoms with Gasteiger partial charge >= 0.3 is 0 Å². The Morgan fingerprint density at radius 3 is 2.96 bits per heavy atom. The van der Waals surface area contributed by atoms with Crippen molar-refractivity contribution in [3.05, 3.63) is 48.5 Å². The third-order valence-electron chi connectivity index (χ3n) is 4.41. The van der Waals surface area contributed by atoms with Crippen molar-refractivity contribution in [3.8, 4) is 0 Å². The molecule has 0 spiro atoms. The molecule has 24 heavy (non-hydrogen) atoms. The summed E-state index contributed by atoms with van der Waals surface area (Å²) in [7, 11) is 0. The molecule has 6 heteroatoms. The van der Waals surface area contributed by atoms with Crippen LogP contribution in [0.25, 0.3) is 0 Å². The fourth-order valence-electron chi connectivity index (χ4n) is 3.30. The zero-order chi connectivity index (χ0) is 16.6. The van der Waals surface area contributed by atoms with Crippen LogP contribution >= 0.6 is 0 Å². The minimum atomic E-state index is -0.446. The third kappa shape index (κ3) is 5.40. The molecule has 6 nitrogen and oxygen atoms in total. The number of hydrogen-bond acceptors (Lipinski definition) is 5. The second kappa shape index (κ2) is 8.92. The van der Waals surface area contributed by atoms with Crippen molar-refractivity contribution in [3.63, 3.8) is 0 Å². The lowest BCUT2D eigenvalue weighted by atomic mass is 9.98. The molecule has 130 valence electrons. The molecule has 1 saturated heterocycles. The number of rotatable bonds is 8. The largest absolute Gasteiger partial charge is 0.389 e. The van der Waals surface area contributed by atoms with Crippen LogP contribution in [0.4, 0.5) is 0 Å². The van der Waals surface area contributed by atoms with Crippen LogP contribution in [0, 0.1) is 5.92 Å².